The lowest BCUT2D eigenvalue weighted by atomic mass is 9.84. The average molecular weight is 225 g/mol. The second-order valence-electron chi connectivity index (χ2n) is 5.15. The van der Waals surface area contributed by atoms with Crippen molar-refractivity contribution in [2.45, 2.75) is 51.6 Å². The summed E-state index contributed by atoms with van der Waals surface area (Å²) in [6.07, 6.45) is 4.26. The van der Waals surface area contributed by atoms with Crippen molar-refractivity contribution in [2.75, 3.05) is 6.54 Å². The van der Waals surface area contributed by atoms with Crippen molar-refractivity contribution >= 4 is 11.8 Å². The van der Waals surface area contributed by atoms with Crippen molar-refractivity contribution < 1.29 is 14.7 Å². The van der Waals surface area contributed by atoms with Gasteiger partial charge in [-0.2, -0.15) is 0 Å². The van der Waals surface area contributed by atoms with E-state index in [1.165, 1.54) is 4.90 Å². The third-order valence-electron chi connectivity index (χ3n) is 3.82. The maximum Gasteiger partial charge on any atom is 0.235 e. The van der Waals surface area contributed by atoms with Crippen molar-refractivity contribution in [3.63, 3.8) is 0 Å². The second kappa shape index (κ2) is 4.17. The first-order valence-corrected chi connectivity index (χ1v) is 6.08. The van der Waals surface area contributed by atoms with Crippen LogP contribution in [-0.4, -0.2) is 34.5 Å². The van der Waals surface area contributed by atoms with Gasteiger partial charge in [-0.15, -0.1) is 0 Å². The lowest BCUT2D eigenvalue weighted by Gasteiger charge is -2.21. The standard InChI is InChI=1S/C12H19NO3/c1-9(14)4-7-13-10(15)8-12(11(13)16)5-2-3-6-12/h9,14H,2-8H2,1H3. The molecule has 0 aromatic heterocycles. The number of amides is 2. The van der Waals surface area contributed by atoms with Gasteiger partial charge in [0.2, 0.25) is 11.8 Å². The first-order valence-electron chi connectivity index (χ1n) is 6.08. The molecule has 0 aromatic carbocycles. The summed E-state index contributed by atoms with van der Waals surface area (Å²) in [6.45, 7) is 2.05. The molecule has 16 heavy (non-hydrogen) atoms. The molecule has 1 aliphatic heterocycles. The molecule has 1 saturated heterocycles. The van der Waals surface area contributed by atoms with Crippen LogP contribution in [0.5, 0.6) is 0 Å². The van der Waals surface area contributed by atoms with Crippen LogP contribution in [0.4, 0.5) is 0 Å². The van der Waals surface area contributed by atoms with Crippen LogP contribution in [-0.2, 0) is 9.59 Å². The van der Waals surface area contributed by atoms with Crippen LogP contribution in [0.2, 0.25) is 0 Å². The predicted molar refractivity (Wildman–Crippen MR) is 58.5 cm³/mol. The summed E-state index contributed by atoms with van der Waals surface area (Å²) in [5.74, 6) is -0.0387. The summed E-state index contributed by atoms with van der Waals surface area (Å²) >= 11 is 0. The summed E-state index contributed by atoms with van der Waals surface area (Å²) in [5, 5.41) is 9.19. The number of carbonyl (C=O) groups excluding carboxylic acids is 2. The van der Waals surface area contributed by atoms with Crippen molar-refractivity contribution in [3.8, 4) is 0 Å². The quantitative estimate of drug-likeness (QED) is 0.731. The highest BCUT2D eigenvalue weighted by atomic mass is 16.3. The molecule has 4 heteroatoms. The molecular weight excluding hydrogens is 206 g/mol. The van der Waals surface area contributed by atoms with E-state index < -0.39 is 6.10 Å². The number of hydrogen-bond acceptors (Lipinski definition) is 3. The van der Waals surface area contributed by atoms with E-state index in [0.29, 0.717) is 19.4 Å². The Morgan fingerprint density at radius 3 is 2.56 bits per heavy atom. The van der Waals surface area contributed by atoms with Gasteiger partial charge in [0.15, 0.2) is 0 Å². The normalized spacial score (nSPS) is 25.8. The monoisotopic (exact) mass is 225 g/mol. The van der Waals surface area contributed by atoms with Crippen LogP contribution < -0.4 is 0 Å². The Hall–Kier alpha value is -0.900. The fourth-order valence-corrected chi connectivity index (χ4v) is 2.84. The highest BCUT2D eigenvalue weighted by molar-refractivity contribution is 6.06. The Bertz CT molecular complexity index is 305. The van der Waals surface area contributed by atoms with Crippen molar-refractivity contribution in [1.29, 1.82) is 0 Å². The third-order valence-corrected chi connectivity index (χ3v) is 3.82. The van der Waals surface area contributed by atoms with E-state index in [-0.39, 0.29) is 17.2 Å². The van der Waals surface area contributed by atoms with Gasteiger partial charge in [0.05, 0.1) is 11.5 Å². The van der Waals surface area contributed by atoms with Gasteiger partial charge in [0, 0.05) is 13.0 Å². The molecule has 1 unspecified atom stereocenters. The molecule has 1 saturated carbocycles. The molecule has 90 valence electrons. The molecule has 0 radical (unpaired) electrons. The highest BCUT2D eigenvalue weighted by Crippen LogP contribution is 2.46. The molecular formula is C12H19NO3. The Labute approximate surface area is 95.6 Å². The van der Waals surface area contributed by atoms with Gasteiger partial charge in [-0.3, -0.25) is 14.5 Å². The molecule has 2 aliphatic rings. The van der Waals surface area contributed by atoms with E-state index >= 15 is 0 Å². The number of likely N-dealkylation sites (tertiary alicyclic amines) is 1. The molecule has 2 rings (SSSR count). The SMILES string of the molecule is CC(O)CCN1C(=O)CC2(CCCC2)C1=O. The number of carbonyl (C=O) groups is 2. The molecule has 1 aliphatic carbocycles. The van der Waals surface area contributed by atoms with Gasteiger partial charge in [0.1, 0.15) is 0 Å². The number of rotatable bonds is 3. The van der Waals surface area contributed by atoms with Gasteiger partial charge in [-0.25, -0.2) is 0 Å². The molecule has 2 fully saturated rings. The fraction of sp³-hybridized carbons (Fsp3) is 0.833. The number of nitrogens with zero attached hydrogens (tertiary/aromatic N) is 1. The number of aliphatic hydroxyl groups excluding tert-OH is 1. The van der Waals surface area contributed by atoms with Gasteiger partial charge in [0.25, 0.3) is 0 Å². The van der Waals surface area contributed by atoms with Crippen LogP contribution in [0.25, 0.3) is 0 Å². The van der Waals surface area contributed by atoms with E-state index in [2.05, 4.69) is 0 Å². The van der Waals surface area contributed by atoms with Crippen LogP contribution in [0.15, 0.2) is 0 Å². The lowest BCUT2D eigenvalue weighted by molar-refractivity contribution is -0.141. The Balaban J connectivity index is 2.05. The van der Waals surface area contributed by atoms with Gasteiger partial charge >= 0.3 is 0 Å². The molecule has 1 heterocycles. The topological polar surface area (TPSA) is 57.6 Å². The van der Waals surface area contributed by atoms with Gasteiger partial charge < -0.3 is 5.11 Å². The molecule has 1 spiro atoms. The summed E-state index contributed by atoms with van der Waals surface area (Å²) in [6, 6.07) is 0. The summed E-state index contributed by atoms with van der Waals surface area (Å²) < 4.78 is 0. The Morgan fingerprint density at radius 1 is 1.38 bits per heavy atom. The summed E-state index contributed by atoms with van der Waals surface area (Å²) in [7, 11) is 0. The smallest absolute Gasteiger partial charge is 0.235 e. The predicted octanol–water partition coefficient (Wildman–Crippen LogP) is 1.08. The summed E-state index contributed by atoms with van der Waals surface area (Å²) in [4.78, 5) is 25.3. The lowest BCUT2D eigenvalue weighted by Crippen LogP contribution is -2.36. The Kier molecular flexibility index (Phi) is 3.02. The highest BCUT2D eigenvalue weighted by Gasteiger charge is 2.52. The zero-order chi connectivity index (χ0) is 11.8. The minimum atomic E-state index is -0.458. The van der Waals surface area contributed by atoms with Crippen molar-refractivity contribution in [1.82, 2.24) is 4.90 Å². The number of aliphatic hydroxyl groups is 1. The third kappa shape index (κ3) is 1.86. The Morgan fingerprint density at radius 2 is 2.00 bits per heavy atom. The first kappa shape index (κ1) is 11.6. The second-order valence-corrected chi connectivity index (χ2v) is 5.15. The minimum absolute atomic E-state index is 0.00986. The van der Waals surface area contributed by atoms with E-state index in [9.17, 15) is 14.7 Å². The van der Waals surface area contributed by atoms with Crippen molar-refractivity contribution in [3.05, 3.63) is 0 Å². The van der Waals surface area contributed by atoms with E-state index in [4.69, 9.17) is 0 Å². The largest absolute Gasteiger partial charge is 0.393 e. The zero-order valence-electron chi connectivity index (χ0n) is 9.74. The molecule has 1 N–H and O–H groups in total. The van der Waals surface area contributed by atoms with E-state index in [1.807, 2.05) is 0 Å². The van der Waals surface area contributed by atoms with Crippen LogP contribution in [0.3, 0.4) is 0 Å². The van der Waals surface area contributed by atoms with Crippen LogP contribution >= 0.6 is 0 Å². The van der Waals surface area contributed by atoms with Crippen LogP contribution in [0.1, 0.15) is 45.4 Å². The van der Waals surface area contributed by atoms with Gasteiger partial charge in [-0.1, -0.05) is 12.8 Å². The summed E-state index contributed by atoms with van der Waals surface area (Å²) in [5.41, 5.74) is -0.365. The average Bonchev–Trinajstić information content (AvgIpc) is 2.74. The molecule has 2 amide bonds. The first-order chi connectivity index (χ1) is 7.55. The van der Waals surface area contributed by atoms with E-state index in [0.717, 1.165) is 25.7 Å². The molecule has 0 aromatic rings. The van der Waals surface area contributed by atoms with Gasteiger partial charge in [-0.05, 0) is 26.2 Å². The van der Waals surface area contributed by atoms with Crippen LogP contribution in [0, 0.1) is 5.41 Å². The van der Waals surface area contributed by atoms with E-state index in [1.54, 1.807) is 6.92 Å². The zero-order valence-corrected chi connectivity index (χ0v) is 9.74. The van der Waals surface area contributed by atoms with Crippen molar-refractivity contribution in [2.24, 2.45) is 5.41 Å². The number of hydrogen-bond donors (Lipinski definition) is 1. The number of imide groups is 1. The maximum absolute atomic E-state index is 12.2. The molecule has 1 atom stereocenters. The molecule has 0 bridgehead atoms. The minimum Gasteiger partial charge on any atom is -0.393 e. The fourth-order valence-electron chi connectivity index (χ4n) is 2.84. The molecule has 4 nitrogen and oxygen atoms in total. The maximum atomic E-state index is 12.2.